The van der Waals surface area contributed by atoms with Gasteiger partial charge in [-0.15, -0.1) is 0 Å². The Labute approximate surface area is 60.1 Å². The highest BCUT2D eigenvalue weighted by Crippen LogP contribution is 1.75. The lowest BCUT2D eigenvalue weighted by atomic mass is 11.0. The molecule has 10 heavy (non-hydrogen) atoms. The lowest BCUT2D eigenvalue weighted by Gasteiger charge is -1.92. The highest BCUT2D eigenvalue weighted by atomic mass is 32.2. The van der Waals surface area contributed by atoms with Gasteiger partial charge in [0.1, 0.15) is 0 Å². The molecule has 2 N–H and O–H groups in total. The van der Waals surface area contributed by atoms with Gasteiger partial charge in [-0.2, -0.15) is 0 Å². The van der Waals surface area contributed by atoms with Gasteiger partial charge in [-0.05, 0) is 14.0 Å². The van der Waals surface area contributed by atoms with E-state index in [1.165, 1.54) is 7.05 Å². The molecule has 0 saturated carbocycles. The molecule has 0 fully saturated rings. The van der Waals surface area contributed by atoms with Crippen molar-refractivity contribution in [3.05, 3.63) is 0 Å². The number of hydrogen-bond donors (Lipinski definition) is 2. The van der Waals surface area contributed by atoms with E-state index < -0.39 is 10.0 Å². The molecular weight excluding hydrogens is 158 g/mol. The van der Waals surface area contributed by atoms with E-state index in [4.69, 9.17) is 9.90 Å². The molecule has 0 aromatic heterocycles. The first-order chi connectivity index (χ1) is 4.54. The van der Waals surface area contributed by atoms with Crippen LogP contribution in [0.15, 0.2) is 0 Å². The van der Waals surface area contributed by atoms with Crippen LogP contribution in [0.2, 0.25) is 0 Å². The molecule has 0 atom stereocenters. The van der Waals surface area contributed by atoms with Crippen LogP contribution in [-0.4, -0.2) is 32.8 Å². The van der Waals surface area contributed by atoms with Crippen LogP contribution in [-0.2, 0) is 14.8 Å². The van der Waals surface area contributed by atoms with Crippen LogP contribution >= 0.6 is 0 Å². The highest BCUT2D eigenvalue weighted by molar-refractivity contribution is 7.89. The van der Waals surface area contributed by atoms with Gasteiger partial charge in [-0.25, -0.2) is 13.1 Å². The van der Waals surface area contributed by atoms with Gasteiger partial charge >= 0.3 is 0 Å². The standard InChI is InChI=1S/C3H9NO2S.CH2O2/c1-3-7(5,6)4-2;2-1-3/h4H,3H2,1-2H3;1H,(H,2,3). The predicted octanol–water partition coefficient (Wildman–Crippen LogP) is -0.744. The van der Waals surface area contributed by atoms with Crippen LogP contribution in [0.5, 0.6) is 0 Å². The minimum Gasteiger partial charge on any atom is -0.483 e. The molecule has 0 aliphatic carbocycles. The molecule has 5 nitrogen and oxygen atoms in total. The molecule has 0 heterocycles. The van der Waals surface area contributed by atoms with Gasteiger partial charge in [0, 0.05) is 0 Å². The fraction of sp³-hybridized carbons (Fsp3) is 0.750. The molecule has 0 saturated heterocycles. The van der Waals surface area contributed by atoms with E-state index in [1.54, 1.807) is 6.92 Å². The molecule has 0 aromatic rings. The molecule has 0 rings (SSSR count). The van der Waals surface area contributed by atoms with E-state index in [0.29, 0.717) is 0 Å². The number of carboxylic acid groups (broad SMARTS) is 1. The quantitative estimate of drug-likeness (QED) is 0.533. The molecule has 6 heteroatoms. The van der Waals surface area contributed by atoms with E-state index in [-0.39, 0.29) is 12.2 Å². The Bertz CT molecular complexity index is 152. The number of rotatable bonds is 2. The average Bonchev–Trinajstić information content (AvgIpc) is 1.90. The molecule has 0 radical (unpaired) electrons. The second-order valence-electron chi connectivity index (χ2n) is 1.21. The van der Waals surface area contributed by atoms with Crippen molar-refractivity contribution in [2.75, 3.05) is 12.8 Å². The van der Waals surface area contributed by atoms with Gasteiger partial charge in [0.05, 0.1) is 5.75 Å². The maximum absolute atomic E-state index is 10.3. The summed E-state index contributed by atoms with van der Waals surface area (Å²) in [6.45, 7) is 1.34. The first-order valence-electron chi connectivity index (χ1n) is 2.53. The third kappa shape index (κ3) is 10.4. The van der Waals surface area contributed by atoms with Crippen molar-refractivity contribution in [3.63, 3.8) is 0 Å². The summed E-state index contributed by atoms with van der Waals surface area (Å²) >= 11 is 0. The number of nitrogens with one attached hydrogen (secondary N) is 1. The normalized spacial score (nSPS) is 9.40. The van der Waals surface area contributed by atoms with Crippen molar-refractivity contribution in [2.24, 2.45) is 0 Å². The third-order valence-corrected chi connectivity index (χ3v) is 2.07. The second kappa shape index (κ2) is 6.50. The van der Waals surface area contributed by atoms with Crippen LogP contribution in [0.3, 0.4) is 0 Å². The summed E-state index contributed by atoms with van der Waals surface area (Å²) in [6, 6.07) is 0. The highest BCUT2D eigenvalue weighted by Gasteiger charge is 1.97. The number of carbonyl (C=O) groups is 1. The molecule has 0 unspecified atom stereocenters. The summed E-state index contributed by atoms with van der Waals surface area (Å²) in [7, 11) is -1.51. The number of hydrogen-bond acceptors (Lipinski definition) is 3. The summed E-state index contributed by atoms with van der Waals surface area (Å²) in [6.07, 6.45) is 0. The average molecular weight is 169 g/mol. The maximum atomic E-state index is 10.3. The van der Waals surface area contributed by atoms with Gasteiger partial charge in [-0.1, -0.05) is 0 Å². The lowest BCUT2D eigenvalue weighted by Crippen LogP contribution is -2.19. The first-order valence-corrected chi connectivity index (χ1v) is 4.18. The van der Waals surface area contributed by atoms with Crippen molar-refractivity contribution < 1.29 is 18.3 Å². The zero-order chi connectivity index (χ0) is 8.62. The van der Waals surface area contributed by atoms with Gasteiger partial charge in [0.25, 0.3) is 6.47 Å². The Balaban J connectivity index is 0. The Morgan fingerprint density at radius 3 is 1.90 bits per heavy atom. The minimum absolute atomic E-state index is 0.156. The molecule has 0 aliphatic rings. The molecule has 0 aliphatic heterocycles. The van der Waals surface area contributed by atoms with E-state index in [0.717, 1.165) is 0 Å². The van der Waals surface area contributed by atoms with E-state index in [1.807, 2.05) is 0 Å². The van der Waals surface area contributed by atoms with Gasteiger partial charge in [-0.3, -0.25) is 4.79 Å². The smallest absolute Gasteiger partial charge is 0.290 e. The zero-order valence-electron chi connectivity index (χ0n) is 5.86. The Hall–Kier alpha value is -0.620. The monoisotopic (exact) mass is 169 g/mol. The molecule has 0 amide bonds. The molecular formula is C4H11NO4S. The van der Waals surface area contributed by atoms with Crippen LogP contribution in [0.4, 0.5) is 0 Å². The van der Waals surface area contributed by atoms with Crippen LogP contribution in [0, 0.1) is 0 Å². The summed E-state index contributed by atoms with van der Waals surface area (Å²) in [5, 5.41) is 6.89. The number of sulfonamides is 1. The maximum Gasteiger partial charge on any atom is 0.290 e. The Morgan fingerprint density at radius 1 is 1.60 bits per heavy atom. The Kier molecular flexibility index (Phi) is 7.86. The summed E-state index contributed by atoms with van der Waals surface area (Å²) < 4.78 is 22.7. The molecule has 62 valence electrons. The van der Waals surface area contributed by atoms with Gasteiger partial charge in [0.15, 0.2) is 0 Å². The van der Waals surface area contributed by atoms with Gasteiger partial charge < -0.3 is 5.11 Å². The molecule has 0 bridgehead atoms. The zero-order valence-corrected chi connectivity index (χ0v) is 6.68. The van der Waals surface area contributed by atoms with E-state index in [9.17, 15) is 8.42 Å². The van der Waals surface area contributed by atoms with Crippen molar-refractivity contribution in [2.45, 2.75) is 6.92 Å². The largest absolute Gasteiger partial charge is 0.483 e. The fourth-order valence-electron chi connectivity index (χ4n) is 0.144. The van der Waals surface area contributed by atoms with Crippen molar-refractivity contribution in [3.8, 4) is 0 Å². The lowest BCUT2D eigenvalue weighted by molar-refractivity contribution is -0.122. The SMILES string of the molecule is CCS(=O)(=O)NC.O=CO. The first kappa shape index (κ1) is 12.1. The van der Waals surface area contributed by atoms with Gasteiger partial charge in [0.2, 0.25) is 10.0 Å². The van der Waals surface area contributed by atoms with E-state index in [2.05, 4.69) is 4.72 Å². The molecule has 0 aromatic carbocycles. The minimum atomic E-state index is -2.91. The Morgan fingerprint density at radius 2 is 1.90 bits per heavy atom. The second-order valence-corrected chi connectivity index (χ2v) is 3.43. The summed E-state index contributed by atoms with van der Waals surface area (Å²) in [5.41, 5.74) is 0. The van der Waals surface area contributed by atoms with Crippen LogP contribution in [0.25, 0.3) is 0 Å². The van der Waals surface area contributed by atoms with Crippen LogP contribution in [0.1, 0.15) is 6.92 Å². The summed E-state index contributed by atoms with van der Waals surface area (Å²) in [4.78, 5) is 8.36. The van der Waals surface area contributed by atoms with E-state index >= 15 is 0 Å². The predicted molar refractivity (Wildman–Crippen MR) is 37.2 cm³/mol. The third-order valence-electron chi connectivity index (χ3n) is 0.691. The van der Waals surface area contributed by atoms with Crippen molar-refractivity contribution in [1.82, 2.24) is 4.72 Å². The van der Waals surface area contributed by atoms with Crippen LogP contribution < -0.4 is 4.72 Å². The van der Waals surface area contributed by atoms with Crippen molar-refractivity contribution >= 4 is 16.5 Å². The summed E-state index contributed by atoms with van der Waals surface area (Å²) in [5.74, 6) is 0.156. The fourth-order valence-corrected chi connectivity index (χ4v) is 0.433. The van der Waals surface area contributed by atoms with Crippen molar-refractivity contribution in [1.29, 1.82) is 0 Å². The molecule has 0 spiro atoms. The topological polar surface area (TPSA) is 83.5 Å².